The van der Waals surface area contributed by atoms with Crippen LogP contribution in [0.25, 0.3) is 0 Å². The van der Waals surface area contributed by atoms with Crippen molar-refractivity contribution in [1.29, 1.82) is 0 Å². The first-order valence-electron chi connectivity index (χ1n) is 7.04. The average molecular weight is 316 g/mol. The van der Waals surface area contributed by atoms with Crippen molar-refractivity contribution < 1.29 is 18.7 Å². The fourth-order valence-electron chi connectivity index (χ4n) is 2.04. The van der Waals surface area contributed by atoms with Crippen molar-refractivity contribution in [3.63, 3.8) is 0 Å². The van der Waals surface area contributed by atoms with Crippen LogP contribution in [0.1, 0.15) is 28.9 Å². The number of nitrogens with two attached hydrogens (primary N) is 1. The Balaban J connectivity index is 2.11. The zero-order valence-electron chi connectivity index (χ0n) is 12.6. The number of nitrogens with one attached hydrogen (secondary N) is 1. The lowest BCUT2D eigenvalue weighted by Gasteiger charge is -2.16. The number of ether oxygens (including phenoxy) is 1. The van der Waals surface area contributed by atoms with Crippen LogP contribution >= 0.6 is 0 Å². The van der Waals surface area contributed by atoms with Gasteiger partial charge in [0.15, 0.2) is 6.61 Å². The summed E-state index contributed by atoms with van der Waals surface area (Å²) in [5.41, 5.74) is 6.11. The number of hydrogen-bond donors (Lipinski definition) is 2. The van der Waals surface area contributed by atoms with Crippen LogP contribution in [0.3, 0.4) is 0 Å². The van der Waals surface area contributed by atoms with Gasteiger partial charge in [0, 0.05) is 0 Å². The maximum atomic E-state index is 12.9. The van der Waals surface area contributed by atoms with Gasteiger partial charge in [-0.3, -0.25) is 9.59 Å². The predicted octanol–water partition coefficient (Wildman–Crippen LogP) is 2.18. The van der Waals surface area contributed by atoms with Crippen LogP contribution in [0.5, 0.6) is 5.75 Å². The minimum absolute atomic E-state index is 0.273. The van der Waals surface area contributed by atoms with E-state index in [0.717, 1.165) is 5.56 Å². The van der Waals surface area contributed by atoms with Crippen molar-refractivity contribution in [2.75, 3.05) is 6.61 Å². The van der Waals surface area contributed by atoms with Crippen LogP contribution in [0.2, 0.25) is 0 Å². The molecule has 0 aliphatic rings. The number of amides is 2. The Kier molecular flexibility index (Phi) is 5.30. The van der Waals surface area contributed by atoms with E-state index in [1.165, 1.54) is 12.1 Å². The molecule has 2 amide bonds. The normalized spacial score (nSPS) is 11.6. The highest BCUT2D eigenvalue weighted by molar-refractivity contribution is 5.97. The highest BCUT2D eigenvalue weighted by Crippen LogP contribution is 2.20. The third-order valence-corrected chi connectivity index (χ3v) is 3.22. The van der Waals surface area contributed by atoms with Gasteiger partial charge in [-0.05, 0) is 36.8 Å². The quantitative estimate of drug-likeness (QED) is 0.857. The van der Waals surface area contributed by atoms with Crippen LogP contribution < -0.4 is 15.8 Å². The van der Waals surface area contributed by atoms with Crippen molar-refractivity contribution in [2.45, 2.75) is 13.0 Å². The average Bonchev–Trinajstić information content (AvgIpc) is 2.53. The molecule has 0 heterocycles. The number of carbonyl (C=O) groups excluding carboxylic acids is 2. The third-order valence-electron chi connectivity index (χ3n) is 3.22. The first kappa shape index (κ1) is 16.5. The molecule has 0 bridgehead atoms. The zero-order valence-corrected chi connectivity index (χ0v) is 12.6. The maximum Gasteiger partial charge on any atom is 0.255 e. The van der Waals surface area contributed by atoms with Gasteiger partial charge in [0.05, 0.1) is 11.6 Å². The first-order chi connectivity index (χ1) is 11.0. The number of hydrogen-bond acceptors (Lipinski definition) is 3. The number of benzene rings is 2. The number of rotatable bonds is 6. The molecular weight excluding hydrogens is 299 g/mol. The minimum atomic E-state index is -0.625. The van der Waals surface area contributed by atoms with Crippen LogP contribution in [-0.4, -0.2) is 18.4 Å². The monoisotopic (exact) mass is 316 g/mol. The fourth-order valence-corrected chi connectivity index (χ4v) is 2.04. The topological polar surface area (TPSA) is 81.4 Å². The number of primary amides is 1. The Hall–Kier alpha value is -2.89. The summed E-state index contributed by atoms with van der Waals surface area (Å²) in [4.78, 5) is 23.2. The molecule has 23 heavy (non-hydrogen) atoms. The summed E-state index contributed by atoms with van der Waals surface area (Å²) in [5, 5.41) is 2.80. The highest BCUT2D eigenvalue weighted by Gasteiger charge is 2.16. The molecule has 3 N–H and O–H groups in total. The van der Waals surface area contributed by atoms with Crippen molar-refractivity contribution in [3.05, 3.63) is 65.5 Å². The molecule has 0 aliphatic carbocycles. The Morgan fingerprint density at radius 2 is 1.83 bits per heavy atom. The molecule has 120 valence electrons. The summed E-state index contributed by atoms with van der Waals surface area (Å²) in [6.07, 6.45) is 0. The van der Waals surface area contributed by atoms with Crippen LogP contribution in [0, 0.1) is 5.82 Å². The smallest absolute Gasteiger partial charge is 0.255 e. The minimum Gasteiger partial charge on any atom is -0.483 e. The van der Waals surface area contributed by atoms with Gasteiger partial charge in [-0.15, -0.1) is 0 Å². The van der Waals surface area contributed by atoms with Crippen LogP contribution in [-0.2, 0) is 4.79 Å². The standard InChI is InChI=1S/C17H17FN2O3/c1-11(12-6-8-13(18)9-7-12)20-17(22)14-4-2-3-5-15(14)23-10-16(19)21/h2-9,11H,10H2,1H3,(H2,19,21)(H,20,22). The zero-order chi connectivity index (χ0) is 16.8. The van der Waals surface area contributed by atoms with Gasteiger partial charge in [-0.1, -0.05) is 24.3 Å². The maximum absolute atomic E-state index is 12.9. The second-order valence-corrected chi connectivity index (χ2v) is 5.00. The summed E-state index contributed by atoms with van der Waals surface area (Å²) in [5.74, 6) is -1.05. The molecule has 6 heteroatoms. The SMILES string of the molecule is CC(NC(=O)c1ccccc1OCC(N)=O)c1ccc(F)cc1. The Bertz CT molecular complexity index is 701. The van der Waals surface area contributed by atoms with E-state index in [1.54, 1.807) is 43.3 Å². The molecule has 0 saturated heterocycles. The molecule has 2 aromatic carbocycles. The summed E-state index contributed by atoms with van der Waals surface area (Å²) in [7, 11) is 0. The summed E-state index contributed by atoms with van der Waals surface area (Å²) < 4.78 is 18.2. The molecular formula is C17H17FN2O3. The van der Waals surface area contributed by atoms with Gasteiger partial charge in [0.2, 0.25) is 0 Å². The molecule has 5 nitrogen and oxygen atoms in total. The summed E-state index contributed by atoms with van der Waals surface area (Å²) in [6.45, 7) is 1.48. The van der Waals surface area contributed by atoms with Gasteiger partial charge < -0.3 is 15.8 Å². The lowest BCUT2D eigenvalue weighted by Crippen LogP contribution is -2.28. The van der Waals surface area contributed by atoms with E-state index in [0.29, 0.717) is 5.56 Å². The van der Waals surface area contributed by atoms with Gasteiger partial charge in [0.1, 0.15) is 11.6 Å². The number of halogens is 1. The number of para-hydroxylation sites is 1. The molecule has 0 spiro atoms. The van der Waals surface area contributed by atoms with Crippen molar-refractivity contribution in [2.24, 2.45) is 5.73 Å². The second kappa shape index (κ2) is 7.40. The lowest BCUT2D eigenvalue weighted by molar-refractivity contribution is -0.119. The van der Waals surface area contributed by atoms with E-state index in [-0.39, 0.29) is 30.1 Å². The van der Waals surface area contributed by atoms with Crippen molar-refractivity contribution >= 4 is 11.8 Å². The molecule has 0 aromatic heterocycles. The van der Waals surface area contributed by atoms with Gasteiger partial charge in [0.25, 0.3) is 11.8 Å². The van der Waals surface area contributed by atoms with E-state index in [2.05, 4.69) is 5.32 Å². The van der Waals surface area contributed by atoms with Crippen molar-refractivity contribution in [1.82, 2.24) is 5.32 Å². The second-order valence-electron chi connectivity index (χ2n) is 5.00. The lowest BCUT2D eigenvalue weighted by atomic mass is 10.1. The molecule has 0 fully saturated rings. The van der Waals surface area contributed by atoms with E-state index >= 15 is 0 Å². The van der Waals surface area contributed by atoms with Gasteiger partial charge in [-0.2, -0.15) is 0 Å². The molecule has 2 rings (SSSR count). The molecule has 1 unspecified atom stereocenters. The molecule has 0 saturated carbocycles. The van der Waals surface area contributed by atoms with Gasteiger partial charge in [-0.25, -0.2) is 4.39 Å². The van der Waals surface area contributed by atoms with E-state index in [4.69, 9.17) is 10.5 Å². The molecule has 0 aliphatic heterocycles. The van der Waals surface area contributed by atoms with Crippen LogP contribution in [0.4, 0.5) is 4.39 Å². The first-order valence-corrected chi connectivity index (χ1v) is 7.04. The van der Waals surface area contributed by atoms with E-state index < -0.39 is 5.91 Å². The highest BCUT2D eigenvalue weighted by atomic mass is 19.1. The van der Waals surface area contributed by atoms with E-state index in [9.17, 15) is 14.0 Å². The summed E-state index contributed by atoms with van der Waals surface area (Å²) >= 11 is 0. The third kappa shape index (κ3) is 4.54. The van der Waals surface area contributed by atoms with E-state index in [1.807, 2.05) is 0 Å². The summed E-state index contributed by atoms with van der Waals surface area (Å²) in [6, 6.07) is 12.1. The Labute approximate surface area is 133 Å². The Morgan fingerprint density at radius 3 is 2.48 bits per heavy atom. The fraction of sp³-hybridized carbons (Fsp3) is 0.176. The predicted molar refractivity (Wildman–Crippen MR) is 83.4 cm³/mol. The molecule has 2 aromatic rings. The van der Waals surface area contributed by atoms with Crippen LogP contribution in [0.15, 0.2) is 48.5 Å². The number of carbonyl (C=O) groups is 2. The largest absolute Gasteiger partial charge is 0.483 e. The Morgan fingerprint density at radius 1 is 1.17 bits per heavy atom. The molecule has 0 radical (unpaired) electrons. The van der Waals surface area contributed by atoms with Crippen molar-refractivity contribution in [3.8, 4) is 5.75 Å². The van der Waals surface area contributed by atoms with Gasteiger partial charge >= 0.3 is 0 Å². The molecule has 1 atom stereocenters.